The zero-order valence-electron chi connectivity index (χ0n) is 9.02. The Bertz CT molecular complexity index is 115. The van der Waals surface area contributed by atoms with Gasteiger partial charge in [0.25, 0.3) is 0 Å². The van der Waals surface area contributed by atoms with Gasteiger partial charge in [-0.3, -0.25) is 0 Å². The summed E-state index contributed by atoms with van der Waals surface area (Å²) in [6.45, 7) is 12.3. The van der Waals surface area contributed by atoms with E-state index < -0.39 is 0 Å². The Morgan fingerprint density at radius 1 is 1.25 bits per heavy atom. The maximum absolute atomic E-state index is 9.46. The smallest absolute Gasteiger partial charge is 0.0687 e. The van der Waals surface area contributed by atoms with Crippen LogP contribution in [0.25, 0.3) is 0 Å². The number of rotatable bonds is 4. The highest BCUT2D eigenvalue weighted by atomic mass is 16.3. The highest BCUT2D eigenvalue weighted by Gasteiger charge is 2.12. The molecule has 2 nitrogen and oxygen atoms in total. The van der Waals surface area contributed by atoms with Crippen molar-refractivity contribution in [1.29, 1.82) is 0 Å². The lowest BCUT2D eigenvalue weighted by molar-refractivity contribution is 0.120. The molecule has 0 saturated carbocycles. The Labute approximate surface area is 76.4 Å². The van der Waals surface area contributed by atoms with Gasteiger partial charge >= 0.3 is 0 Å². The third-order valence-corrected chi connectivity index (χ3v) is 1.78. The summed E-state index contributed by atoms with van der Waals surface area (Å²) >= 11 is 0. The zero-order chi connectivity index (χ0) is 9.78. The number of hydrogen-bond acceptors (Lipinski definition) is 2. The van der Waals surface area contributed by atoms with E-state index in [0.29, 0.717) is 17.9 Å². The zero-order valence-corrected chi connectivity index (χ0v) is 9.02. The molecule has 0 aromatic carbocycles. The summed E-state index contributed by atoms with van der Waals surface area (Å²) in [6, 6.07) is 0. The van der Waals surface area contributed by atoms with Crippen LogP contribution in [0.2, 0.25) is 0 Å². The number of hydrogen-bond donors (Lipinski definition) is 2. The second-order valence-electron chi connectivity index (χ2n) is 5.00. The number of aliphatic hydroxyl groups is 1. The van der Waals surface area contributed by atoms with Gasteiger partial charge in [-0.15, -0.1) is 0 Å². The molecule has 0 bridgehead atoms. The molecule has 0 aromatic rings. The van der Waals surface area contributed by atoms with Crippen LogP contribution in [0.1, 0.15) is 34.6 Å². The molecule has 0 aliphatic rings. The number of nitrogens with one attached hydrogen (secondary N) is 1. The van der Waals surface area contributed by atoms with Gasteiger partial charge in [0.05, 0.1) is 6.10 Å². The van der Waals surface area contributed by atoms with E-state index in [-0.39, 0.29) is 6.10 Å². The molecule has 0 aromatic heterocycles. The van der Waals surface area contributed by atoms with E-state index in [9.17, 15) is 5.11 Å². The summed E-state index contributed by atoms with van der Waals surface area (Å²) < 4.78 is 0. The molecule has 0 heterocycles. The molecule has 0 spiro atoms. The van der Waals surface area contributed by atoms with E-state index in [1.165, 1.54) is 0 Å². The monoisotopic (exact) mass is 173 g/mol. The SMILES string of the molecule is CC(C)C(O)CNCC(C)(C)C. The average Bonchev–Trinajstić information content (AvgIpc) is 1.84. The Morgan fingerprint density at radius 3 is 2.08 bits per heavy atom. The lowest BCUT2D eigenvalue weighted by atomic mass is 9.97. The molecule has 1 unspecified atom stereocenters. The fourth-order valence-corrected chi connectivity index (χ4v) is 0.831. The molecule has 74 valence electrons. The van der Waals surface area contributed by atoms with Crippen LogP contribution < -0.4 is 5.32 Å². The Hall–Kier alpha value is -0.0800. The molecule has 0 aliphatic carbocycles. The minimum atomic E-state index is -0.215. The maximum atomic E-state index is 9.46. The van der Waals surface area contributed by atoms with Crippen molar-refractivity contribution < 1.29 is 5.11 Å². The fraction of sp³-hybridized carbons (Fsp3) is 1.00. The van der Waals surface area contributed by atoms with Crippen molar-refractivity contribution in [3.05, 3.63) is 0 Å². The van der Waals surface area contributed by atoms with Crippen LogP contribution >= 0.6 is 0 Å². The van der Waals surface area contributed by atoms with E-state index in [1.54, 1.807) is 0 Å². The van der Waals surface area contributed by atoms with Gasteiger partial charge in [0.1, 0.15) is 0 Å². The second-order valence-corrected chi connectivity index (χ2v) is 5.00. The summed E-state index contributed by atoms with van der Waals surface area (Å²) in [5.41, 5.74) is 0.302. The molecule has 0 saturated heterocycles. The third-order valence-electron chi connectivity index (χ3n) is 1.78. The molecule has 2 N–H and O–H groups in total. The average molecular weight is 173 g/mol. The molecule has 12 heavy (non-hydrogen) atoms. The highest BCUT2D eigenvalue weighted by Crippen LogP contribution is 2.10. The van der Waals surface area contributed by atoms with Gasteiger partial charge in [0.15, 0.2) is 0 Å². The standard InChI is InChI=1S/C10H23NO/c1-8(2)9(12)6-11-7-10(3,4)5/h8-9,11-12H,6-7H2,1-5H3. The molecule has 2 heteroatoms. The van der Waals surface area contributed by atoms with Crippen molar-refractivity contribution in [3.63, 3.8) is 0 Å². The lowest BCUT2D eigenvalue weighted by Gasteiger charge is -2.21. The predicted octanol–water partition coefficient (Wildman–Crippen LogP) is 1.64. The molecule has 0 aliphatic heterocycles. The summed E-state index contributed by atoms with van der Waals surface area (Å²) in [7, 11) is 0. The lowest BCUT2D eigenvalue weighted by Crippen LogP contribution is -2.35. The van der Waals surface area contributed by atoms with E-state index in [0.717, 1.165) is 6.54 Å². The van der Waals surface area contributed by atoms with Crippen molar-refractivity contribution in [2.24, 2.45) is 11.3 Å². The van der Waals surface area contributed by atoms with E-state index in [4.69, 9.17) is 0 Å². The van der Waals surface area contributed by atoms with Gasteiger partial charge in [0.2, 0.25) is 0 Å². The second kappa shape index (κ2) is 4.83. The van der Waals surface area contributed by atoms with Crippen LogP contribution in [0.3, 0.4) is 0 Å². The molecule has 0 rings (SSSR count). The van der Waals surface area contributed by atoms with Gasteiger partial charge < -0.3 is 10.4 Å². The highest BCUT2D eigenvalue weighted by molar-refractivity contribution is 4.68. The first-order valence-corrected chi connectivity index (χ1v) is 4.72. The van der Waals surface area contributed by atoms with E-state index >= 15 is 0 Å². The first kappa shape index (κ1) is 11.9. The van der Waals surface area contributed by atoms with Gasteiger partial charge in [0, 0.05) is 13.1 Å². The van der Waals surface area contributed by atoms with Gasteiger partial charge in [-0.2, -0.15) is 0 Å². The molecular weight excluding hydrogens is 150 g/mol. The Balaban J connectivity index is 3.44. The normalized spacial score (nSPS) is 15.2. The Kier molecular flexibility index (Phi) is 4.80. The van der Waals surface area contributed by atoms with Crippen LogP contribution in [0.5, 0.6) is 0 Å². The summed E-state index contributed by atoms with van der Waals surface area (Å²) in [5.74, 6) is 0.345. The van der Waals surface area contributed by atoms with Crippen molar-refractivity contribution in [2.45, 2.75) is 40.7 Å². The van der Waals surface area contributed by atoms with Crippen molar-refractivity contribution in [1.82, 2.24) is 5.32 Å². The fourth-order valence-electron chi connectivity index (χ4n) is 0.831. The van der Waals surface area contributed by atoms with Crippen LogP contribution in [0.15, 0.2) is 0 Å². The van der Waals surface area contributed by atoms with Crippen molar-refractivity contribution in [3.8, 4) is 0 Å². The van der Waals surface area contributed by atoms with Crippen LogP contribution in [-0.2, 0) is 0 Å². The maximum Gasteiger partial charge on any atom is 0.0687 e. The topological polar surface area (TPSA) is 32.3 Å². The molecule has 0 fully saturated rings. The van der Waals surface area contributed by atoms with Crippen LogP contribution in [0, 0.1) is 11.3 Å². The summed E-state index contributed by atoms with van der Waals surface area (Å²) in [5, 5.41) is 12.7. The third kappa shape index (κ3) is 6.62. The Morgan fingerprint density at radius 2 is 1.75 bits per heavy atom. The summed E-state index contributed by atoms with van der Waals surface area (Å²) in [6.07, 6.45) is -0.215. The predicted molar refractivity (Wildman–Crippen MR) is 53.2 cm³/mol. The molecular formula is C10H23NO. The quantitative estimate of drug-likeness (QED) is 0.677. The molecule has 0 amide bonds. The van der Waals surface area contributed by atoms with E-state index in [2.05, 4.69) is 26.1 Å². The van der Waals surface area contributed by atoms with Crippen molar-refractivity contribution in [2.75, 3.05) is 13.1 Å². The minimum Gasteiger partial charge on any atom is -0.392 e. The molecule has 0 radical (unpaired) electrons. The first-order chi connectivity index (χ1) is 5.33. The van der Waals surface area contributed by atoms with Crippen molar-refractivity contribution >= 4 is 0 Å². The van der Waals surface area contributed by atoms with Crippen LogP contribution in [-0.4, -0.2) is 24.3 Å². The van der Waals surface area contributed by atoms with Crippen LogP contribution in [0.4, 0.5) is 0 Å². The van der Waals surface area contributed by atoms with Gasteiger partial charge in [-0.1, -0.05) is 34.6 Å². The van der Waals surface area contributed by atoms with E-state index in [1.807, 2.05) is 13.8 Å². The first-order valence-electron chi connectivity index (χ1n) is 4.72. The minimum absolute atomic E-state index is 0.215. The summed E-state index contributed by atoms with van der Waals surface area (Å²) in [4.78, 5) is 0. The van der Waals surface area contributed by atoms with Gasteiger partial charge in [-0.05, 0) is 11.3 Å². The van der Waals surface area contributed by atoms with Gasteiger partial charge in [-0.25, -0.2) is 0 Å². The largest absolute Gasteiger partial charge is 0.392 e. The number of aliphatic hydroxyl groups excluding tert-OH is 1. The molecule has 1 atom stereocenters.